The van der Waals surface area contributed by atoms with Crippen molar-refractivity contribution >= 4 is 15.9 Å². The smallest absolute Gasteiger partial charge is 0.254 e. The number of hydrogen-bond donors (Lipinski definition) is 0. The van der Waals surface area contributed by atoms with Gasteiger partial charge in [0.1, 0.15) is 0 Å². The van der Waals surface area contributed by atoms with Gasteiger partial charge >= 0.3 is 0 Å². The summed E-state index contributed by atoms with van der Waals surface area (Å²) in [4.78, 5) is 14.8. The molecule has 0 N–H and O–H groups in total. The summed E-state index contributed by atoms with van der Waals surface area (Å²) in [7, 11) is 1.15. The number of piperidine rings is 1. The summed E-state index contributed by atoms with van der Waals surface area (Å²) in [5.41, 5.74) is 1.20. The number of ether oxygens (including phenoxy) is 2. The Morgan fingerprint density at radius 2 is 1.68 bits per heavy atom. The molecule has 0 bridgehead atoms. The number of benzene rings is 2. The van der Waals surface area contributed by atoms with Crippen molar-refractivity contribution < 1.29 is 22.7 Å². The third kappa shape index (κ3) is 5.19. The quantitative estimate of drug-likeness (QED) is 0.623. The first-order valence-corrected chi connectivity index (χ1v) is 11.9. The van der Waals surface area contributed by atoms with E-state index in [2.05, 4.69) is 0 Å². The Kier molecular flexibility index (Phi) is 7.56. The van der Waals surface area contributed by atoms with E-state index in [4.69, 9.17) is 9.47 Å². The van der Waals surface area contributed by atoms with Gasteiger partial charge in [0.25, 0.3) is 5.91 Å². The molecule has 2 aromatic carbocycles. The van der Waals surface area contributed by atoms with Gasteiger partial charge in [0.2, 0.25) is 10.0 Å². The van der Waals surface area contributed by atoms with Gasteiger partial charge in [0, 0.05) is 26.7 Å². The van der Waals surface area contributed by atoms with Gasteiger partial charge in [-0.15, -0.1) is 0 Å². The molecule has 7 nitrogen and oxygen atoms in total. The lowest BCUT2D eigenvalue weighted by atomic mass is 10.1. The van der Waals surface area contributed by atoms with Gasteiger partial charge in [-0.3, -0.25) is 4.79 Å². The van der Waals surface area contributed by atoms with Crippen LogP contribution in [0.4, 0.5) is 0 Å². The van der Waals surface area contributed by atoms with E-state index in [1.165, 1.54) is 10.4 Å². The van der Waals surface area contributed by atoms with Gasteiger partial charge in [-0.2, -0.15) is 4.31 Å². The fraction of sp³-hybridized carbons (Fsp3) is 0.435. The summed E-state index contributed by atoms with van der Waals surface area (Å²) in [5, 5.41) is 0. The molecule has 1 saturated heterocycles. The summed E-state index contributed by atoms with van der Waals surface area (Å²) in [5.74, 6) is 0.969. The second kappa shape index (κ2) is 10.2. The van der Waals surface area contributed by atoms with Crippen molar-refractivity contribution in [2.24, 2.45) is 0 Å². The van der Waals surface area contributed by atoms with Crippen molar-refractivity contribution in [3.05, 3.63) is 53.6 Å². The van der Waals surface area contributed by atoms with E-state index < -0.39 is 10.0 Å². The molecule has 0 radical (unpaired) electrons. The molecule has 0 aliphatic carbocycles. The van der Waals surface area contributed by atoms with Crippen LogP contribution in [0.1, 0.15) is 35.2 Å². The van der Waals surface area contributed by atoms with Gasteiger partial charge in [-0.1, -0.05) is 24.6 Å². The van der Waals surface area contributed by atoms with Crippen LogP contribution < -0.4 is 9.47 Å². The standard InChI is InChI=1S/C23H30N2O5S/c1-24(16-13-18-11-12-20(29-2)21(17-18)30-3)23(26)19-9-5-6-10-22(19)31(27,28)25-14-7-4-8-15-25/h5-6,9-12,17H,4,7-8,13-16H2,1-3H3. The Morgan fingerprint density at radius 1 is 1.00 bits per heavy atom. The molecule has 0 spiro atoms. The molecule has 1 heterocycles. The average molecular weight is 447 g/mol. The minimum Gasteiger partial charge on any atom is -0.493 e. The van der Waals surface area contributed by atoms with E-state index in [1.54, 1.807) is 44.4 Å². The summed E-state index contributed by atoms with van der Waals surface area (Å²) in [6.07, 6.45) is 3.33. The molecule has 1 aliphatic rings. The number of sulfonamides is 1. The van der Waals surface area contributed by atoms with Crippen molar-refractivity contribution in [2.45, 2.75) is 30.6 Å². The Bertz CT molecular complexity index is 1020. The fourth-order valence-corrected chi connectivity index (χ4v) is 5.45. The number of carbonyl (C=O) groups is 1. The van der Waals surface area contributed by atoms with Crippen LogP contribution in [0.3, 0.4) is 0 Å². The van der Waals surface area contributed by atoms with Crippen LogP contribution in [-0.4, -0.2) is 64.4 Å². The van der Waals surface area contributed by atoms with Crippen molar-refractivity contribution in [1.82, 2.24) is 9.21 Å². The number of methoxy groups -OCH3 is 2. The highest BCUT2D eigenvalue weighted by Gasteiger charge is 2.30. The minimum absolute atomic E-state index is 0.0832. The zero-order valence-electron chi connectivity index (χ0n) is 18.3. The van der Waals surface area contributed by atoms with Crippen molar-refractivity contribution in [1.29, 1.82) is 0 Å². The number of nitrogens with zero attached hydrogens (tertiary/aromatic N) is 2. The lowest BCUT2D eigenvalue weighted by Gasteiger charge is -2.27. The topological polar surface area (TPSA) is 76.2 Å². The van der Waals surface area contributed by atoms with Crippen LogP contribution in [0, 0.1) is 0 Å². The van der Waals surface area contributed by atoms with E-state index in [-0.39, 0.29) is 16.4 Å². The molecular weight excluding hydrogens is 416 g/mol. The molecule has 1 amide bonds. The minimum atomic E-state index is -3.70. The van der Waals surface area contributed by atoms with Crippen molar-refractivity contribution in [2.75, 3.05) is 40.9 Å². The maximum Gasteiger partial charge on any atom is 0.254 e. The Labute approximate surface area is 184 Å². The van der Waals surface area contributed by atoms with Crippen molar-refractivity contribution in [3.8, 4) is 11.5 Å². The number of rotatable bonds is 8. The van der Waals surface area contributed by atoms with Crippen molar-refractivity contribution in [3.63, 3.8) is 0 Å². The van der Waals surface area contributed by atoms with Gasteiger partial charge < -0.3 is 14.4 Å². The van der Waals surface area contributed by atoms with E-state index in [0.717, 1.165) is 24.8 Å². The van der Waals surface area contributed by atoms with E-state index in [0.29, 0.717) is 37.6 Å². The molecule has 1 aliphatic heterocycles. The van der Waals surface area contributed by atoms with E-state index >= 15 is 0 Å². The van der Waals surface area contributed by atoms with Crippen LogP contribution in [0.2, 0.25) is 0 Å². The van der Waals surface area contributed by atoms with Gasteiger partial charge in [-0.05, 0) is 49.1 Å². The van der Waals surface area contributed by atoms with E-state index in [9.17, 15) is 13.2 Å². The lowest BCUT2D eigenvalue weighted by molar-refractivity contribution is 0.0792. The maximum atomic E-state index is 13.2. The van der Waals surface area contributed by atoms with Crippen LogP contribution in [-0.2, 0) is 16.4 Å². The Morgan fingerprint density at radius 3 is 2.35 bits per heavy atom. The fourth-order valence-electron chi connectivity index (χ4n) is 3.75. The third-order valence-electron chi connectivity index (χ3n) is 5.58. The molecule has 8 heteroatoms. The third-order valence-corrected chi connectivity index (χ3v) is 7.54. The number of hydrogen-bond acceptors (Lipinski definition) is 5. The highest BCUT2D eigenvalue weighted by Crippen LogP contribution is 2.28. The molecule has 0 atom stereocenters. The normalized spacial score (nSPS) is 14.8. The first-order valence-electron chi connectivity index (χ1n) is 10.4. The molecular formula is C23H30N2O5S. The molecule has 168 valence electrons. The molecule has 0 saturated carbocycles. The molecule has 0 unspecified atom stereocenters. The van der Waals surface area contributed by atoms with Gasteiger partial charge in [0.05, 0.1) is 24.7 Å². The first-order chi connectivity index (χ1) is 14.9. The Hall–Kier alpha value is -2.58. The van der Waals surface area contributed by atoms with Gasteiger partial charge in [0.15, 0.2) is 11.5 Å². The lowest BCUT2D eigenvalue weighted by Crippen LogP contribution is -2.37. The Balaban J connectivity index is 1.76. The maximum absolute atomic E-state index is 13.2. The van der Waals surface area contributed by atoms with Crippen LogP contribution in [0.5, 0.6) is 11.5 Å². The predicted molar refractivity (Wildman–Crippen MR) is 119 cm³/mol. The van der Waals surface area contributed by atoms with Gasteiger partial charge in [-0.25, -0.2) is 8.42 Å². The summed E-state index contributed by atoms with van der Waals surface area (Å²) in [6, 6.07) is 12.1. The summed E-state index contributed by atoms with van der Waals surface area (Å²) >= 11 is 0. The molecule has 1 fully saturated rings. The summed E-state index contributed by atoms with van der Waals surface area (Å²) in [6.45, 7) is 1.44. The van der Waals surface area contributed by atoms with Crippen LogP contribution in [0.15, 0.2) is 47.4 Å². The highest BCUT2D eigenvalue weighted by atomic mass is 32.2. The second-order valence-electron chi connectivity index (χ2n) is 7.63. The highest BCUT2D eigenvalue weighted by molar-refractivity contribution is 7.89. The van der Waals surface area contributed by atoms with Crippen LogP contribution >= 0.6 is 0 Å². The molecule has 3 rings (SSSR count). The zero-order chi connectivity index (χ0) is 22.4. The average Bonchev–Trinajstić information content (AvgIpc) is 2.82. The second-order valence-corrected chi connectivity index (χ2v) is 9.53. The molecule has 2 aromatic rings. The SMILES string of the molecule is COc1ccc(CCN(C)C(=O)c2ccccc2S(=O)(=O)N2CCCCC2)cc1OC. The van der Waals surface area contributed by atoms with E-state index in [1.807, 2.05) is 18.2 Å². The molecule has 31 heavy (non-hydrogen) atoms. The summed E-state index contributed by atoms with van der Waals surface area (Å²) < 4.78 is 38.4. The largest absolute Gasteiger partial charge is 0.493 e. The monoisotopic (exact) mass is 446 g/mol. The number of carbonyl (C=O) groups excluding carboxylic acids is 1. The molecule has 0 aromatic heterocycles. The zero-order valence-corrected chi connectivity index (χ0v) is 19.2. The first kappa shape index (κ1) is 23.1. The number of amides is 1. The van der Waals surface area contributed by atoms with Crippen LogP contribution in [0.25, 0.3) is 0 Å². The predicted octanol–water partition coefficient (Wildman–Crippen LogP) is 3.19. The number of likely N-dealkylation sites (N-methyl/N-ethyl adjacent to an activating group) is 1.